The first kappa shape index (κ1) is 92.5. The second-order valence-electron chi connectivity index (χ2n) is 16.6. The topological polar surface area (TPSA) is 138 Å². The maximum atomic E-state index is 6.34. The molecule has 40 heteroatoms. The highest BCUT2D eigenvalue weighted by molar-refractivity contribution is 9.33. The Morgan fingerprint density at radius 3 is 0.706 bits per heavy atom. The van der Waals surface area contributed by atoms with Crippen LogP contribution in [-0.4, -0.2) is 183 Å². The van der Waals surface area contributed by atoms with Crippen LogP contribution in [-0.2, 0) is 66.4 Å². The fourth-order valence-electron chi connectivity index (χ4n) is 7.10. The van der Waals surface area contributed by atoms with E-state index < -0.39 is 52.2 Å². The molecular formula is C45H102O15S20Si5. The molecule has 0 saturated carbocycles. The van der Waals surface area contributed by atoms with Crippen LogP contribution in [0.15, 0.2) is 0 Å². The second kappa shape index (κ2) is 58.2. The van der Waals surface area contributed by atoms with E-state index in [2.05, 4.69) is 20.8 Å². The van der Waals surface area contributed by atoms with E-state index in [1.807, 2.05) is 207 Å². The molecule has 0 rings (SSSR count). The summed E-state index contributed by atoms with van der Waals surface area (Å²) < 4.78 is 94.0. The van der Waals surface area contributed by atoms with Crippen LogP contribution in [0.5, 0.6) is 0 Å². The van der Waals surface area contributed by atoms with Gasteiger partial charge in [0.1, 0.15) is 0 Å². The van der Waals surface area contributed by atoms with Gasteiger partial charge < -0.3 is 66.4 Å². The van der Waals surface area contributed by atoms with Crippen molar-refractivity contribution in [3.8, 4) is 0 Å². The minimum absolute atomic E-state index is 0.151. The van der Waals surface area contributed by atoms with Crippen molar-refractivity contribution >= 4 is 250 Å². The lowest BCUT2D eigenvalue weighted by Gasteiger charge is -2.48. The molecule has 0 aliphatic heterocycles. The molecule has 0 aromatic rings. The monoisotopic (exact) mass is 1660 g/mol. The Kier molecular flexibility index (Phi) is 63.3. The maximum absolute atomic E-state index is 6.34. The van der Waals surface area contributed by atoms with E-state index in [0.717, 1.165) is 19.3 Å². The molecule has 0 N–H and O–H groups in total. The van der Waals surface area contributed by atoms with Crippen LogP contribution in [0.3, 0.4) is 0 Å². The summed E-state index contributed by atoms with van der Waals surface area (Å²) in [4.78, 5) is 0. The maximum Gasteiger partial charge on any atom is 0.512 e. The van der Waals surface area contributed by atoms with Gasteiger partial charge in [-0.15, -0.1) is 0 Å². The predicted molar refractivity (Wildman–Crippen MR) is 423 cm³/mol. The zero-order valence-electron chi connectivity index (χ0n) is 53.2. The third-order valence-electron chi connectivity index (χ3n) is 10.7. The lowest BCUT2D eigenvalue weighted by atomic mass is 9.96. The van der Waals surface area contributed by atoms with Crippen LogP contribution in [0.25, 0.3) is 0 Å². The van der Waals surface area contributed by atoms with E-state index in [4.69, 9.17) is 66.4 Å². The van der Waals surface area contributed by atoms with Gasteiger partial charge in [0.05, 0.1) is 31.6 Å². The summed E-state index contributed by atoms with van der Waals surface area (Å²) in [6.07, 6.45) is 3.18. The van der Waals surface area contributed by atoms with Gasteiger partial charge in [0.2, 0.25) is 0 Å². The molecule has 0 aliphatic carbocycles. The molecule has 0 aliphatic rings. The normalized spacial score (nSPS) is 14.6. The van der Waals surface area contributed by atoms with Crippen molar-refractivity contribution in [1.82, 2.24) is 0 Å². The van der Waals surface area contributed by atoms with Gasteiger partial charge in [0, 0.05) is 104 Å². The Hall–Kier alpha value is 7.48. The number of hydrogen-bond acceptors (Lipinski definition) is 35. The Morgan fingerprint density at radius 2 is 0.494 bits per heavy atom. The van der Waals surface area contributed by atoms with Gasteiger partial charge in [-0.25, -0.2) is 0 Å². The lowest BCUT2D eigenvalue weighted by molar-refractivity contribution is 0.0765. The fourth-order valence-corrected chi connectivity index (χ4v) is 74.5. The molecule has 0 radical (unpaired) electrons. The van der Waals surface area contributed by atoms with E-state index in [0.29, 0.717) is 132 Å². The van der Waals surface area contributed by atoms with E-state index in [-0.39, 0.29) is 5.25 Å². The molecule has 3 atom stereocenters. The SMILES string of the molecule is CCO[Si](CSSSSC(CCC(C)CC)C(C)(SSSSC[Si](OCC)(OCC)OCC)C(SSSSC[Si](OCC)(OCC)OCC)(SSSSC[Si](OCC)(OCC)OCC)SSSSC[Si](OCC)(OCC)OCC)(OCC)OCC. The molecule has 0 heterocycles. The molecule has 0 saturated heterocycles. The van der Waals surface area contributed by atoms with Crippen LogP contribution in [0.4, 0.5) is 0 Å². The van der Waals surface area contributed by atoms with Crippen molar-refractivity contribution in [2.75, 3.05) is 126 Å². The first-order chi connectivity index (χ1) is 41.0. The highest BCUT2D eigenvalue weighted by Crippen LogP contribution is 2.76. The zero-order valence-corrected chi connectivity index (χ0v) is 74.5. The van der Waals surface area contributed by atoms with Gasteiger partial charge in [-0.05, 0) is 260 Å². The zero-order chi connectivity index (χ0) is 63.7. The Balaban J connectivity index is 8.27. The summed E-state index contributed by atoms with van der Waals surface area (Å²) in [6, 6.07) is 0. The summed E-state index contributed by atoms with van der Waals surface area (Å²) in [5, 5.41) is 3.30. The van der Waals surface area contributed by atoms with Crippen molar-refractivity contribution in [2.45, 2.75) is 157 Å². The summed E-state index contributed by atoms with van der Waals surface area (Å²) in [5.74, 6) is 0.540. The summed E-state index contributed by atoms with van der Waals surface area (Å²) in [6.45, 7) is 45.3. The van der Waals surface area contributed by atoms with Gasteiger partial charge in [-0.2, -0.15) is 0 Å². The van der Waals surface area contributed by atoms with Crippen molar-refractivity contribution in [3.05, 3.63) is 0 Å². The largest absolute Gasteiger partial charge is 0.512 e. The van der Waals surface area contributed by atoms with Crippen LogP contribution in [0.2, 0.25) is 0 Å². The number of hydrogen-bond donors (Lipinski definition) is 0. The third kappa shape index (κ3) is 38.2. The molecule has 0 spiro atoms. The predicted octanol–water partition coefficient (Wildman–Crippen LogP) is 20.9. The minimum atomic E-state index is -2.94. The van der Waals surface area contributed by atoms with Crippen LogP contribution in [0, 0.1) is 5.92 Å². The molecule has 85 heavy (non-hydrogen) atoms. The van der Waals surface area contributed by atoms with E-state index in [1.165, 1.54) is 0 Å². The standard InChI is InChI=1S/C45H102O15S20Si5/c1-19-42(17)35-36-43(66-76-71-61-37-81(46-20-2,47-21-3)48-22-4)44(18,67-77-72-62-38-82(49-23-5,50-24-6)51-25-7)45(68-78-73-63-39-83(52-26-8,53-27-9)54-28-10,69-79-74-64-40-84(55-29-11,56-30-12)57-31-13)70-80-75-65-41-85(58-32-14,59-33-15)60-34-16/h42-43H,19-41H2,1-18H3. The van der Waals surface area contributed by atoms with Crippen LogP contribution in [0.1, 0.15) is 144 Å². The van der Waals surface area contributed by atoms with Gasteiger partial charge in [-0.3, -0.25) is 0 Å². The highest BCUT2D eigenvalue weighted by atomic mass is 33.7. The first-order valence-corrected chi connectivity index (χ1v) is 63.5. The van der Waals surface area contributed by atoms with Crippen LogP contribution < -0.4 is 0 Å². The van der Waals surface area contributed by atoms with E-state index in [1.54, 1.807) is 103 Å². The molecule has 0 aromatic heterocycles. The van der Waals surface area contributed by atoms with Crippen molar-refractivity contribution in [3.63, 3.8) is 0 Å². The lowest BCUT2D eigenvalue weighted by Crippen LogP contribution is -2.49. The minimum Gasteiger partial charge on any atom is -0.373 e. The summed E-state index contributed by atoms with van der Waals surface area (Å²) >= 11 is 0. The van der Waals surface area contributed by atoms with Crippen molar-refractivity contribution in [2.24, 2.45) is 5.92 Å². The Morgan fingerprint density at radius 1 is 0.282 bits per heavy atom. The summed E-state index contributed by atoms with van der Waals surface area (Å²) in [5.41, 5.74) is 0. The average Bonchev–Trinajstić information content (AvgIpc) is 2.20. The van der Waals surface area contributed by atoms with Gasteiger partial charge in [0.25, 0.3) is 0 Å². The molecule has 0 bridgehead atoms. The third-order valence-corrected chi connectivity index (χ3v) is 70.0. The molecule has 0 aromatic carbocycles. The molecular weight excluding hydrogens is 1560 g/mol. The Labute approximate surface area is 598 Å². The van der Waals surface area contributed by atoms with Crippen molar-refractivity contribution in [1.29, 1.82) is 0 Å². The van der Waals surface area contributed by atoms with Gasteiger partial charge in [-0.1, -0.05) is 95.8 Å². The molecule has 3 unspecified atom stereocenters. The van der Waals surface area contributed by atoms with Gasteiger partial charge >= 0.3 is 44.0 Å². The molecule has 512 valence electrons. The Bertz CT molecular complexity index is 1380. The smallest absolute Gasteiger partial charge is 0.373 e. The second-order valence-corrected chi connectivity index (χ2v) is 63.4. The quantitative estimate of drug-likeness (QED) is 0.0247. The van der Waals surface area contributed by atoms with E-state index >= 15 is 0 Å². The molecule has 15 nitrogen and oxygen atoms in total. The molecule has 0 amide bonds. The first-order valence-electron chi connectivity index (χ1n) is 28.8. The van der Waals surface area contributed by atoms with E-state index in [9.17, 15) is 0 Å². The summed E-state index contributed by atoms with van der Waals surface area (Å²) in [7, 11) is 22.0. The van der Waals surface area contributed by atoms with Gasteiger partial charge in [0.15, 0.2) is 3.41 Å². The highest BCUT2D eigenvalue weighted by Gasteiger charge is 2.58. The molecule has 0 fully saturated rings. The fraction of sp³-hybridized carbons (Fsp3) is 1.00. The number of rotatable bonds is 66. The average molecular weight is 1670 g/mol. The van der Waals surface area contributed by atoms with Crippen molar-refractivity contribution < 1.29 is 66.4 Å². The van der Waals surface area contributed by atoms with Crippen LogP contribution >= 0.6 is 206 Å².